The fourth-order valence-electron chi connectivity index (χ4n) is 6.27. The third kappa shape index (κ3) is 4.72. The van der Waals surface area contributed by atoms with E-state index in [0.717, 1.165) is 53.2 Å². The summed E-state index contributed by atoms with van der Waals surface area (Å²) in [4.78, 5) is 10.6. The predicted molar refractivity (Wildman–Crippen MR) is 153 cm³/mol. The van der Waals surface area contributed by atoms with E-state index in [1.807, 2.05) is 39.7 Å². The first kappa shape index (κ1) is 26.4. The number of benzene rings is 2. The maximum absolute atomic E-state index is 14.3. The molecule has 1 fully saturated rings. The highest BCUT2D eigenvalue weighted by molar-refractivity contribution is 6.00. The van der Waals surface area contributed by atoms with Gasteiger partial charge in [-0.25, -0.2) is 19.0 Å². The average Bonchev–Trinajstić information content (AvgIpc) is 3.52. The summed E-state index contributed by atoms with van der Waals surface area (Å²) in [5.74, 6) is 0.165. The van der Waals surface area contributed by atoms with Crippen LogP contribution in [0.15, 0.2) is 61.1 Å². The minimum Gasteiger partial charge on any atom is -0.383 e. The van der Waals surface area contributed by atoms with Crippen LogP contribution in [0.25, 0.3) is 33.2 Å². The molecule has 0 saturated heterocycles. The van der Waals surface area contributed by atoms with Crippen molar-refractivity contribution in [2.24, 2.45) is 0 Å². The summed E-state index contributed by atoms with van der Waals surface area (Å²) in [6, 6.07) is 15.2. The number of halogens is 1. The van der Waals surface area contributed by atoms with Crippen molar-refractivity contribution in [3.63, 3.8) is 0 Å². The van der Waals surface area contributed by atoms with E-state index in [1.165, 1.54) is 12.4 Å². The van der Waals surface area contributed by atoms with Crippen LogP contribution in [0.3, 0.4) is 0 Å². The number of nitrogens with zero attached hydrogens (tertiary/aromatic N) is 6. The Morgan fingerprint density at radius 1 is 1.02 bits per heavy atom. The molecule has 0 radical (unpaired) electrons. The van der Waals surface area contributed by atoms with E-state index in [0.29, 0.717) is 23.6 Å². The summed E-state index contributed by atoms with van der Waals surface area (Å²) in [7, 11) is 0. The van der Waals surface area contributed by atoms with Gasteiger partial charge in [-0.2, -0.15) is 5.10 Å². The molecule has 1 aliphatic carbocycles. The second-order valence-corrected chi connectivity index (χ2v) is 10.7. The van der Waals surface area contributed by atoms with Crippen LogP contribution >= 0.6 is 0 Å². The number of aliphatic hydroxyl groups is 2. The molecule has 2 unspecified atom stereocenters. The zero-order chi connectivity index (χ0) is 28.0. The SMILES string of the molecule is CC(O)N(C(C)O)C1CCC(n2nc(-c3ccc4c(ccn4Cc4ccccc4F)c3)c3c(N)ncnc32)CC1. The maximum Gasteiger partial charge on any atom is 0.164 e. The van der Waals surface area contributed by atoms with Crippen LogP contribution < -0.4 is 5.73 Å². The van der Waals surface area contributed by atoms with Crippen molar-refractivity contribution in [1.29, 1.82) is 0 Å². The standard InChI is InChI=1S/C30H34FN7O2/c1-18(39)37(19(2)40)23-8-10-24(11-9-23)38-30-27(29(32)33-17-34-30)28(35-38)21-7-12-26-20(15-21)13-14-36(26)16-22-5-3-4-6-25(22)31/h3-7,12-15,17-19,23-24,39-40H,8-11,16H2,1-2H3,(H2,32,33,34). The Bertz CT molecular complexity index is 1640. The van der Waals surface area contributed by atoms with Crippen LogP contribution in [-0.4, -0.2) is 57.9 Å². The minimum atomic E-state index is -0.720. The van der Waals surface area contributed by atoms with Gasteiger partial charge in [0.2, 0.25) is 0 Å². The third-order valence-corrected chi connectivity index (χ3v) is 8.16. The molecule has 1 saturated carbocycles. The lowest BCUT2D eigenvalue weighted by Gasteiger charge is -2.40. The Morgan fingerprint density at radius 3 is 2.50 bits per heavy atom. The fraction of sp³-hybridized carbons (Fsp3) is 0.367. The number of rotatable bonds is 7. The average molecular weight is 544 g/mol. The maximum atomic E-state index is 14.3. The van der Waals surface area contributed by atoms with Crippen LogP contribution in [0.5, 0.6) is 0 Å². The van der Waals surface area contributed by atoms with Gasteiger partial charge < -0.3 is 20.5 Å². The minimum absolute atomic E-state index is 0.0908. The highest BCUT2D eigenvalue weighted by Crippen LogP contribution is 2.38. The van der Waals surface area contributed by atoms with Gasteiger partial charge in [-0.05, 0) is 63.8 Å². The highest BCUT2D eigenvalue weighted by Gasteiger charge is 2.32. The Balaban J connectivity index is 1.32. The second kappa shape index (κ2) is 10.6. The Labute approximate surface area is 231 Å². The molecule has 208 valence electrons. The lowest BCUT2D eigenvalue weighted by Crippen LogP contribution is -2.48. The normalized spacial score (nSPS) is 19.4. The van der Waals surface area contributed by atoms with Crippen LogP contribution in [0.2, 0.25) is 0 Å². The lowest BCUT2D eigenvalue weighted by molar-refractivity contribution is -0.117. The van der Waals surface area contributed by atoms with E-state index >= 15 is 0 Å². The molecule has 5 aromatic rings. The molecule has 3 aromatic heterocycles. The number of hydrogen-bond donors (Lipinski definition) is 3. The van der Waals surface area contributed by atoms with Gasteiger partial charge in [0.1, 0.15) is 36.1 Å². The van der Waals surface area contributed by atoms with Crippen molar-refractivity contribution in [3.05, 3.63) is 72.4 Å². The van der Waals surface area contributed by atoms with Gasteiger partial charge >= 0.3 is 0 Å². The zero-order valence-corrected chi connectivity index (χ0v) is 22.7. The van der Waals surface area contributed by atoms with Crippen molar-refractivity contribution in [1.82, 2.24) is 29.2 Å². The Hall–Kier alpha value is -3.86. The topological polar surface area (TPSA) is 118 Å². The first-order chi connectivity index (χ1) is 19.3. The molecule has 3 heterocycles. The van der Waals surface area contributed by atoms with Crippen molar-refractivity contribution < 1.29 is 14.6 Å². The molecule has 2 atom stereocenters. The number of nitrogen functional groups attached to an aromatic ring is 1. The van der Waals surface area contributed by atoms with Gasteiger partial charge in [-0.3, -0.25) is 4.90 Å². The van der Waals surface area contributed by atoms with Crippen LogP contribution in [0, 0.1) is 5.82 Å². The summed E-state index contributed by atoms with van der Waals surface area (Å²) in [6.07, 6.45) is 5.30. The smallest absolute Gasteiger partial charge is 0.164 e. The number of aromatic nitrogens is 5. The predicted octanol–water partition coefficient (Wildman–Crippen LogP) is 4.68. The summed E-state index contributed by atoms with van der Waals surface area (Å²) in [5.41, 5.74) is 10.3. The first-order valence-electron chi connectivity index (χ1n) is 13.8. The van der Waals surface area contributed by atoms with Gasteiger partial charge in [0.05, 0.1) is 18.0 Å². The van der Waals surface area contributed by atoms with Crippen molar-refractivity contribution in [2.45, 2.75) is 70.6 Å². The molecule has 1 aliphatic rings. The van der Waals surface area contributed by atoms with Gasteiger partial charge in [0.15, 0.2) is 5.65 Å². The van der Waals surface area contributed by atoms with Crippen molar-refractivity contribution in [3.8, 4) is 11.3 Å². The molecule has 40 heavy (non-hydrogen) atoms. The van der Waals surface area contributed by atoms with Gasteiger partial charge in [0.25, 0.3) is 0 Å². The first-order valence-corrected chi connectivity index (χ1v) is 13.8. The molecule has 2 aromatic carbocycles. The van der Waals surface area contributed by atoms with Crippen LogP contribution in [0.4, 0.5) is 10.2 Å². The number of hydrogen-bond acceptors (Lipinski definition) is 7. The van der Waals surface area contributed by atoms with E-state index in [-0.39, 0.29) is 17.9 Å². The molecule has 0 amide bonds. The molecule has 10 heteroatoms. The zero-order valence-electron chi connectivity index (χ0n) is 22.7. The summed E-state index contributed by atoms with van der Waals surface area (Å²) >= 11 is 0. The van der Waals surface area contributed by atoms with Gasteiger partial charge in [-0.15, -0.1) is 0 Å². The largest absolute Gasteiger partial charge is 0.383 e. The van der Waals surface area contributed by atoms with Crippen molar-refractivity contribution in [2.75, 3.05) is 5.73 Å². The molecule has 0 aliphatic heterocycles. The Morgan fingerprint density at radius 2 is 1.77 bits per heavy atom. The van der Waals surface area contributed by atoms with Gasteiger partial charge in [-0.1, -0.05) is 24.3 Å². The molecule has 6 rings (SSSR count). The van der Waals surface area contributed by atoms with Gasteiger partial charge in [0, 0.05) is 34.3 Å². The number of nitrogens with two attached hydrogens (primary N) is 1. The summed E-state index contributed by atoms with van der Waals surface area (Å²) < 4.78 is 18.3. The molecular formula is C30H34FN7O2. The monoisotopic (exact) mass is 543 g/mol. The second-order valence-electron chi connectivity index (χ2n) is 10.7. The summed E-state index contributed by atoms with van der Waals surface area (Å²) in [5, 5.41) is 27.1. The third-order valence-electron chi connectivity index (χ3n) is 8.16. The van der Waals surface area contributed by atoms with E-state index < -0.39 is 12.5 Å². The van der Waals surface area contributed by atoms with Crippen LogP contribution in [0.1, 0.15) is 51.1 Å². The summed E-state index contributed by atoms with van der Waals surface area (Å²) in [6.45, 7) is 3.83. The number of anilines is 1. The van der Waals surface area contributed by atoms with E-state index in [2.05, 4.69) is 16.0 Å². The lowest BCUT2D eigenvalue weighted by atomic mass is 9.90. The number of fused-ring (bicyclic) bond motifs is 2. The quantitative estimate of drug-likeness (QED) is 0.255. The Kier molecular flexibility index (Phi) is 6.99. The molecular weight excluding hydrogens is 509 g/mol. The van der Waals surface area contributed by atoms with Crippen LogP contribution in [-0.2, 0) is 6.54 Å². The van der Waals surface area contributed by atoms with E-state index in [4.69, 9.17) is 10.8 Å². The molecule has 9 nitrogen and oxygen atoms in total. The highest BCUT2D eigenvalue weighted by atomic mass is 19.1. The molecule has 4 N–H and O–H groups in total. The fourth-order valence-corrected chi connectivity index (χ4v) is 6.27. The molecule has 0 bridgehead atoms. The van der Waals surface area contributed by atoms with Crippen molar-refractivity contribution >= 4 is 27.8 Å². The van der Waals surface area contributed by atoms with E-state index in [9.17, 15) is 14.6 Å². The molecule has 0 spiro atoms. The van der Waals surface area contributed by atoms with E-state index in [1.54, 1.807) is 30.9 Å². The number of aliphatic hydroxyl groups excluding tert-OH is 2.